The van der Waals surface area contributed by atoms with E-state index in [-0.39, 0.29) is 6.71 Å². The summed E-state index contributed by atoms with van der Waals surface area (Å²) in [6, 6.07) is 111. The molecule has 0 N–H and O–H groups in total. The summed E-state index contributed by atoms with van der Waals surface area (Å²) in [5.41, 5.74) is 24.9. The maximum absolute atomic E-state index is 2.64. The first kappa shape index (κ1) is 47.7. The normalized spacial score (nSPS) is 12.5. The molecule has 0 aliphatic carbocycles. The number of para-hydroxylation sites is 2. The van der Waals surface area contributed by atoms with Crippen molar-refractivity contribution in [2.75, 3.05) is 9.80 Å². The number of rotatable bonds is 8. The van der Waals surface area contributed by atoms with Gasteiger partial charge in [-0.2, -0.15) is 0 Å². The fourth-order valence-electron chi connectivity index (χ4n) is 13.7. The minimum atomic E-state index is -0.134. The molecule has 2 aromatic heterocycles. The monoisotopic (exact) mass is 1090 g/mol. The summed E-state index contributed by atoms with van der Waals surface area (Å²) >= 11 is 3.75. The molecular weight excluding hydrogens is 1040 g/mol. The molecule has 13 aromatic carbocycles. The second kappa shape index (κ2) is 19.3. The van der Waals surface area contributed by atoms with Gasteiger partial charge in [0, 0.05) is 85.3 Å². The molecule has 0 amide bonds. The highest BCUT2D eigenvalue weighted by atomic mass is 32.1. The van der Waals surface area contributed by atoms with E-state index in [1.54, 1.807) is 0 Å². The highest BCUT2D eigenvalue weighted by Crippen LogP contribution is 2.54. The SMILES string of the molecule is c1ccc(-c2cccc(-c3ccccc3)c2N2c3cc(-c4cccc5sc6ccccc6c45)ccc3B3c4ccc(-c5cccc6sc7ccccc7c56)cc4N(c4c(-c5ccccc5)cccc4-c4ccccc4)c4cccc2c43)cc1. The van der Waals surface area contributed by atoms with Crippen LogP contribution in [-0.4, -0.2) is 6.71 Å². The molecule has 15 aromatic rings. The minimum absolute atomic E-state index is 0.134. The molecule has 83 heavy (non-hydrogen) atoms. The lowest BCUT2D eigenvalue weighted by atomic mass is 9.33. The third-order valence-corrected chi connectivity index (χ3v) is 19.6. The van der Waals surface area contributed by atoms with E-state index in [4.69, 9.17) is 0 Å². The first-order valence-electron chi connectivity index (χ1n) is 28.5. The second-order valence-corrected chi connectivity index (χ2v) is 23.9. The van der Waals surface area contributed by atoms with Gasteiger partial charge in [-0.05, 0) is 109 Å². The Morgan fingerprint density at radius 2 is 0.566 bits per heavy atom. The number of hydrogen-bond donors (Lipinski definition) is 0. The topological polar surface area (TPSA) is 6.48 Å². The van der Waals surface area contributed by atoms with Crippen molar-refractivity contribution in [2.24, 2.45) is 0 Å². The number of thiophene rings is 2. The van der Waals surface area contributed by atoms with Crippen molar-refractivity contribution in [1.82, 2.24) is 0 Å². The van der Waals surface area contributed by atoms with E-state index in [0.29, 0.717) is 0 Å². The van der Waals surface area contributed by atoms with Gasteiger partial charge >= 0.3 is 0 Å². The van der Waals surface area contributed by atoms with Gasteiger partial charge in [0.15, 0.2) is 0 Å². The van der Waals surface area contributed by atoms with Crippen molar-refractivity contribution >= 4 is 120 Å². The van der Waals surface area contributed by atoms with E-state index >= 15 is 0 Å². The van der Waals surface area contributed by atoms with Crippen LogP contribution in [-0.2, 0) is 0 Å². The largest absolute Gasteiger partial charge is 0.310 e. The predicted octanol–water partition coefficient (Wildman–Crippen LogP) is 20.5. The quantitative estimate of drug-likeness (QED) is 0.140. The standard InChI is InChI=1S/C78H49BN2S2/c1-5-22-50(23-6-1)58-34-17-35-59(51-24-7-2-8-25-51)77(58)80-66-38-21-39-67-76(66)79(64-46-44-54(48-68(64)80)56-32-19-42-72-74(56)62-30-13-15-40-70(62)82-72)65-47-45-55(57-33-20-43-73-75(57)63-31-14-16-41-71(63)83-73)49-69(65)81(67)78-60(52-26-9-3-10-27-52)36-18-37-61(78)53-28-11-4-12-29-53/h1-49H. The Morgan fingerprint density at radius 1 is 0.241 bits per heavy atom. The van der Waals surface area contributed by atoms with E-state index in [1.807, 2.05) is 22.7 Å². The average Bonchev–Trinajstić information content (AvgIpc) is 4.19. The van der Waals surface area contributed by atoms with Gasteiger partial charge in [-0.15, -0.1) is 22.7 Å². The molecule has 386 valence electrons. The first-order chi connectivity index (χ1) is 41.2. The molecule has 0 fully saturated rings. The lowest BCUT2D eigenvalue weighted by Crippen LogP contribution is -2.61. The highest BCUT2D eigenvalue weighted by molar-refractivity contribution is 7.26. The Hall–Kier alpha value is -10.0. The van der Waals surface area contributed by atoms with Crippen molar-refractivity contribution in [1.29, 1.82) is 0 Å². The fourth-order valence-corrected chi connectivity index (χ4v) is 16.0. The van der Waals surface area contributed by atoms with Crippen molar-refractivity contribution in [3.63, 3.8) is 0 Å². The average molecular weight is 1090 g/mol. The van der Waals surface area contributed by atoms with Gasteiger partial charge in [0.2, 0.25) is 0 Å². The summed E-state index contributed by atoms with van der Waals surface area (Å²) in [4.78, 5) is 5.29. The van der Waals surface area contributed by atoms with Gasteiger partial charge in [0.1, 0.15) is 0 Å². The molecule has 4 heterocycles. The Labute approximate surface area is 490 Å². The Bertz CT molecular complexity index is 4620. The Morgan fingerprint density at radius 3 is 0.964 bits per heavy atom. The molecule has 2 nitrogen and oxygen atoms in total. The van der Waals surface area contributed by atoms with E-state index in [2.05, 4.69) is 307 Å². The maximum atomic E-state index is 2.64. The van der Waals surface area contributed by atoms with E-state index < -0.39 is 0 Å². The van der Waals surface area contributed by atoms with Crippen LogP contribution in [0, 0.1) is 0 Å². The van der Waals surface area contributed by atoms with Gasteiger partial charge in [-0.25, -0.2) is 0 Å². The van der Waals surface area contributed by atoms with Crippen molar-refractivity contribution in [3.05, 3.63) is 297 Å². The van der Waals surface area contributed by atoms with Crippen LogP contribution in [0.1, 0.15) is 0 Å². The molecule has 0 atom stereocenters. The third-order valence-electron chi connectivity index (χ3n) is 17.3. The summed E-state index contributed by atoms with van der Waals surface area (Å²) in [5, 5.41) is 5.20. The molecule has 0 spiro atoms. The van der Waals surface area contributed by atoms with Gasteiger partial charge < -0.3 is 9.80 Å². The molecule has 0 radical (unpaired) electrons. The molecule has 2 aliphatic heterocycles. The number of anilines is 6. The van der Waals surface area contributed by atoms with Crippen molar-refractivity contribution in [3.8, 4) is 66.8 Å². The fraction of sp³-hybridized carbons (Fsp3) is 0. The number of benzene rings is 13. The maximum Gasteiger partial charge on any atom is 0.252 e. The lowest BCUT2D eigenvalue weighted by molar-refractivity contribution is 1.25. The van der Waals surface area contributed by atoms with Gasteiger partial charge in [-0.1, -0.05) is 249 Å². The Balaban J connectivity index is 1.00. The predicted molar refractivity (Wildman–Crippen MR) is 359 cm³/mol. The van der Waals surface area contributed by atoms with Crippen LogP contribution >= 0.6 is 22.7 Å². The first-order valence-corrected chi connectivity index (χ1v) is 30.2. The molecule has 0 unspecified atom stereocenters. The van der Waals surface area contributed by atoms with Crippen LogP contribution in [0.25, 0.3) is 107 Å². The van der Waals surface area contributed by atoms with Gasteiger partial charge in [-0.3, -0.25) is 0 Å². The molecular formula is C78H49BN2S2. The second-order valence-electron chi connectivity index (χ2n) is 21.8. The molecule has 5 heteroatoms. The van der Waals surface area contributed by atoms with Crippen LogP contribution in [0.3, 0.4) is 0 Å². The molecule has 0 bridgehead atoms. The Kier molecular flexibility index (Phi) is 11.1. The lowest BCUT2D eigenvalue weighted by Gasteiger charge is -2.45. The van der Waals surface area contributed by atoms with Gasteiger partial charge in [0.25, 0.3) is 6.71 Å². The van der Waals surface area contributed by atoms with Crippen LogP contribution in [0.2, 0.25) is 0 Å². The summed E-state index contributed by atoms with van der Waals surface area (Å²) in [6.45, 7) is -0.134. The number of hydrogen-bond acceptors (Lipinski definition) is 4. The third kappa shape index (κ3) is 7.55. The van der Waals surface area contributed by atoms with Gasteiger partial charge in [0.05, 0.1) is 11.4 Å². The zero-order chi connectivity index (χ0) is 54.5. The van der Waals surface area contributed by atoms with E-state index in [0.717, 1.165) is 45.0 Å². The van der Waals surface area contributed by atoms with Crippen LogP contribution in [0.5, 0.6) is 0 Å². The van der Waals surface area contributed by atoms with Crippen LogP contribution in [0.4, 0.5) is 34.1 Å². The van der Waals surface area contributed by atoms with E-state index in [9.17, 15) is 0 Å². The summed E-state index contributed by atoms with van der Waals surface area (Å²) in [6.07, 6.45) is 0. The molecule has 0 saturated heterocycles. The minimum Gasteiger partial charge on any atom is -0.310 e. The summed E-state index contributed by atoms with van der Waals surface area (Å²) < 4.78 is 5.19. The van der Waals surface area contributed by atoms with Crippen LogP contribution in [0.15, 0.2) is 297 Å². The van der Waals surface area contributed by atoms with Crippen molar-refractivity contribution < 1.29 is 0 Å². The molecule has 2 aliphatic rings. The number of nitrogens with zero attached hydrogens (tertiary/aromatic N) is 2. The molecule has 0 saturated carbocycles. The zero-order valence-electron chi connectivity index (χ0n) is 45.1. The van der Waals surface area contributed by atoms with E-state index in [1.165, 1.54) is 113 Å². The smallest absolute Gasteiger partial charge is 0.252 e. The summed E-state index contributed by atoms with van der Waals surface area (Å²) in [5.74, 6) is 0. The van der Waals surface area contributed by atoms with Crippen molar-refractivity contribution in [2.45, 2.75) is 0 Å². The zero-order valence-corrected chi connectivity index (χ0v) is 46.7. The molecule has 17 rings (SSSR count). The number of fused-ring (bicyclic) bond motifs is 10. The summed E-state index contributed by atoms with van der Waals surface area (Å²) in [7, 11) is 0. The highest BCUT2D eigenvalue weighted by Gasteiger charge is 2.45. The van der Waals surface area contributed by atoms with Crippen LogP contribution < -0.4 is 26.2 Å².